The zero-order valence-corrected chi connectivity index (χ0v) is 11.0. The Hall–Kier alpha value is -0.620. The Balaban J connectivity index is 3.70. The highest BCUT2D eigenvalue weighted by atomic mass is 32.2. The average molecular weight is 251 g/mol. The van der Waals surface area contributed by atoms with Crippen LogP contribution in [0.4, 0.5) is 0 Å². The van der Waals surface area contributed by atoms with Crippen LogP contribution in [-0.4, -0.2) is 58.0 Å². The smallest absolute Gasteiger partial charge is 0.320 e. The molecule has 0 amide bonds. The van der Waals surface area contributed by atoms with Gasteiger partial charge in [-0.3, -0.25) is 9.69 Å². The summed E-state index contributed by atoms with van der Waals surface area (Å²) in [6, 6.07) is 0. The summed E-state index contributed by atoms with van der Waals surface area (Å²) in [7, 11) is -1.27. The lowest BCUT2D eigenvalue weighted by atomic mass is 10.4. The summed E-state index contributed by atoms with van der Waals surface area (Å²) < 4.78 is 26.7. The van der Waals surface area contributed by atoms with Gasteiger partial charge in [0.25, 0.3) is 0 Å². The molecule has 5 nitrogen and oxygen atoms in total. The van der Waals surface area contributed by atoms with Crippen molar-refractivity contribution in [3.8, 4) is 0 Å². The quantitative estimate of drug-likeness (QED) is 0.459. The molecule has 0 aromatic carbocycles. The maximum absolute atomic E-state index is 11.2. The molecule has 0 saturated carbocycles. The number of hydrogen-bond acceptors (Lipinski definition) is 5. The highest BCUT2D eigenvalue weighted by molar-refractivity contribution is 7.90. The van der Waals surface area contributed by atoms with Crippen LogP contribution in [0.15, 0.2) is 0 Å². The molecule has 0 aromatic rings. The Kier molecular flexibility index (Phi) is 7.33. The van der Waals surface area contributed by atoms with E-state index >= 15 is 0 Å². The number of hydrogen-bond donors (Lipinski definition) is 0. The van der Waals surface area contributed by atoms with Crippen LogP contribution in [0.5, 0.6) is 0 Å². The molecule has 96 valence electrons. The van der Waals surface area contributed by atoms with Crippen molar-refractivity contribution in [3.05, 3.63) is 0 Å². The maximum Gasteiger partial charge on any atom is 0.320 e. The molecule has 0 rings (SSSR count). The summed E-state index contributed by atoms with van der Waals surface area (Å²) in [5.41, 5.74) is 0. The Morgan fingerprint density at radius 3 is 2.50 bits per heavy atom. The van der Waals surface area contributed by atoms with E-state index < -0.39 is 9.84 Å². The summed E-state index contributed by atoms with van der Waals surface area (Å²) >= 11 is 0. The third kappa shape index (κ3) is 9.92. The lowest BCUT2D eigenvalue weighted by Gasteiger charge is -2.14. The highest BCUT2D eigenvalue weighted by Gasteiger charge is 2.10. The molecule has 0 aliphatic rings. The number of unbranched alkanes of at least 4 members (excludes halogenated alkanes) is 1. The van der Waals surface area contributed by atoms with Crippen LogP contribution >= 0.6 is 0 Å². The summed E-state index contributed by atoms with van der Waals surface area (Å²) in [4.78, 5) is 12.9. The van der Waals surface area contributed by atoms with Gasteiger partial charge in [0.1, 0.15) is 9.84 Å². The number of rotatable bonds is 8. The van der Waals surface area contributed by atoms with Gasteiger partial charge in [-0.15, -0.1) is 0 Å². The van der Waals surface area contributed by atoms with Crippen molar-refractivity contribution in [2.75, 3.05) is 38.8 Å². The SMILES string of the molecule is CCCCOC(=O)CN(C)CCS(C)(=O)=O. The van der Waals surface area contributed by atoms with Crippen LogP contribution in [0.2, 0.25) is 0 Å². The molecule has 0 N–H and O–H groups in total. The Bertz CT molecular complexity index is 300. The van der Waals surface area contributed by atoms with Gasteiger partial charge in [0, 0.05) is 12.8 Å². The van der Waals surface area contributed by atoms with E-state index in [1.54, 1.807) is 11.9 Å². The van der Waals surface area contributed by atoms with Gasteiger partial charge in [0.05, 0.1) is 18.9 Å². The van der Waals surface area contributed by atoms with Gasteiger partial charge in [-0.25, -0.2) is 8.42 Å². The summed E-state index contributed by atoms with van der Waals surface area (Å²) in [6.07, 6.45) is 3.02. The van der Waals surface area contributed by atoms with Gasteiger partial charge in [0.2, 0.25) is 0 Å². The summed E-state index contributed by atoms with van der Waals surface area (Å²) in [5, 5.41) is 0. The molecule has 16 heavy (non-hydrogen) atoms. The second kappa shape index (κ2) is 7.62. The van der Waals surface area contributed by atoms with Crippen molar-refractivity contribution >= 4 is 15.8 Å². The molecule has 0 aromatic heterocycles. The number of nitrogens with zero attached hydrogens (tertiary/aromatic N) is 1. The van der Waals surface area contributed by atoms with Crippen molar-refractivity contribution in [1.82, 2.24) is 4.90 Å². The first-order valence-electron chi connectivity index (χ1n) is 5.37. The minimum absolute atomic E-state index is 0.0612. The molecule has 0 unspecified atom stereocenters. The molecular formula is C10H21NO4S. The number of likely N-dealkylation sites (N-methyl/N-ethyl adjacent to an activating group) is 1. The van der Waals surface area contributed by atoms with Gasteiger partial charge in [0.15, 0.2) is 0 Å². The minimum Gasteiger partial charge on any atom is -0.465 e. The second-order valence-electron chi connectivity index (χ2n) is 3.94. The van der Waals surface area contributed by atoms with Crippen LogP contribution in [-0.2, 0) is 19.4 Å². The highest BCUT2D eigenvalue weighted by Crippen LogP contribution is 1.92. The van der Waals surface area contributed by atoms with Crippen molar-refractivity contribution < 1.29 is 17.9 Å². The molecule has 0 spiro atoms. The summed E-state index contributed by atoms with van der Waals surface area (Å²) in [6.45, 7) is 2.95. The zero-order valence-electron chi connectivity index (χ0n) is 10.2. The molecule has 0 aliphatic heterocycles. The van der Waals surface area contributed by atoms with E-state index in [-0.39, 0.29) is 18.3 Å². The Labute approximate surface area is 97.7 Å². The fourth-order valence-electron chi connectivity index (χ4n) is 0.997. The van der Waals surface area contributed by atoms with E-state index in [2.05, 4.69) is 0 Å². The van der Waals surface area contributed by atoms with Gasteiger partial charge >= 0.3 is 5.97 Å². The fourth-order valence-corrected chi connectivity index (χ4v) is 1.64. The number of esters is 1. The second-order valence-corrected chi connectivity index (χ2v) is 6.20. The third-order valence-corrected chi connectivity index (χ3v) is 2.93. The predicted octanol–water partition coefficient (Wildman–Crippen LogP) is 0.306. The lowest BCUT2D eigenvalue weighted by molar-refractivity contribution is -0.144. The average Bonchev–Trinajstić information content (AvgIpc) is 2.14. The Morgan fingerprint density at radius 1 is 1.38 bits per heavy atom. The van der Waals surface area contributed by atoms with E-state index in [1.807, 2.05) is 6.92 Å². The molecule has 0 saturated heterocycles. The molecular weight excluding hydrogens is 230 g/mol. The van der Waals surface area contributed by atoms with Crippen LogP contribution < -0.4 is 0 Å². The van der Waals surface area contributed by atoms with Crippen LogP contribution in [0.1, 0.15) is 19.8 Å². The van der Waals surface area contributed by atoms with Gasteiger partial charge < -0.3 is 4.74 Å². The van der Waals surface area contributed by atoms with Crippen molar-refractivity contribution in [1.29, 1.82) is 0 Å². The monoisotopic (exact) mass is 251 g/mol. The Morgan fingerprint density at radius 2 is 2.00 bits per heavy atom. The molecule has 0 fully saturated rings. The molecule has 0 heterocycles. The van der Waals surface area contributed by atoms with Gasteiger partial charge in [-0.1, -0.05) is 13.3 Å². The number of carbonyl (C=O) groups is 1. The van der Waals surface area contributed by atoms with E-state index in [0.29, 0.717) is 13.2 Å². The molecule has 6 heteroatoms. The molecule has 0 radical (unpaired) electrons. The molecule has 0 bridgehead atoms. The van der Waals surface area contributed by atoms with Gasteiger partial charge in [-0.05, 0) is 13.5 Å². The van der Waals surface area contributed by atoms with Crippen LogP contribution in [0.25, 0.3) is 0 Å². The van der Waals surface area contributed by atoms with Gasteiger partial charge in [-0.2, -0.15) is 0 Å². The lowest BCUT2D eigenvalue weighted by Crippen LogP contribution is -2.31. The van der Waals surface area contributed by atoms with E-state index in [0.717, 1.165) is 12.8 Å². The van der Waals surface area contributed by atoms with E-state index in [1.165, 1.54) is 6.26 Å². The molecule has 0 atom stereocenters. The van der Waals surface area contributed by atoms with Crippen LogP contribution in [0, 0.1) is 0 Å². The summed E-state index contributed by atoms with van der Waals surface area (Å²) in [5.74, 6) is -0.240. The standard InChI is InChI=1S/C10H21NO4S/c1-4-5-7-15-10(12)9-11(2)6-8-16(3,13)14/h4-9H2,1-3H3. The van der Waals surface area contributed by atoms with E-state index in [9.17, 15) is 13.2 Å². The normalized spacial score (nSPS) is 11.8. The van der Waals surface area contributed by atoms with Crippen molar-refractivity contribution in [2.45, 2.75) is 19.8 Å². The topological polar surface area (TPSA) is 63.7 Å². The first-order chi connectivity index (χ1) is 7.35. The fraction of sp³-hybridized carbons (Fsp3) is 0.900. The largest absolute Gasteiger partial charge is 0.465 e. The maximum atomic E-state index is 11.2. The van der Waals surface area contributed by atoms with Crippen molar-refractivity contribution in [3.63, 3.8) is 0 Å². The van der Waals surface area contributed by atoms with E-state index in [4.69, 9.17) is 4.74 Å². The first kappa shape index (κ1) is 15.4. The zero-order chi connectivity index (χ0) is 12.6. The number of ether oxygens (including phenoxy) is 1. The van der Waals surface area contributed by atoms with Crippen molar-refractivity contribution in [2.24, 2.45) is 0 Å². The third-order valence-electron chi connectivity index (χ3n) is 2.00. The first-order valence-corrected chi connectivity index (χ1v) is 7.43. The van der Waals surface area contributed by atoms with Crippen LogP contribution in [0.3, 0.4) is 0 Å². The minimum atomic E-state index is -2.97. The number of sulfone groups is 1. The number of carbonyl (C=O) groups excluding carboxylic acids is 1. The molecule has 0 aliphatic carbocycles. The predicted molar refractivity (Wildman–Crippen MR) is 63.1 cm³/mol.